The zero-order valence-electron chi connectivity index (χ0n) is 14.2. The predicted molar refractivity (Wildman–Crippen MR) is 80.4 cm³/mol. The Labute approximate surface area is 133 Å². The summed E-state index contributed by atoms with van der Waals surface area (Å²) in [5, 5.41) is 9.87. The van der Waals surface area contributed by atoms with Gasteiger partial charge in [-0.3, -0.25) is 0 Å². The fourth-order valence-corrected chi connectivity index (χ4v) is 1.84. The van der Waals surface area contributed by atoms with Crippen LogP contribution in [0.15, 0.2) is 0 Å². The van der Waals surface area contributed by atoms with Crippen molar-refractivity contribution < 1.29 is 33.3 Å². The van der Waals surface area contributed by atoms with E-state index in [-0.39, 0.29) is 13.0 Å². The van der Waals surface area contributed by atoms with Gasteiger partial charge in [0, 0.05) is 26.1 Å². The number of likely N-dealkylation sites (N-methyl/N-ethyl adjacent to an activating group) is 1. The standard InChI is InChI=1S/C8H18NO2.C7H14O4/c1-9(3-6-10-2)4-7-11-8-5-9;1-2-10-5-6-11-4-3-7(8)9/h3-8H2,1-2H3;2-6H2,1H3,(H,8,9)/q+1;/p-1. The van der Waals surface area contributed by atoms with Gasteiger partial charge in [-0.2, -0.15) is 0 Å². The van der Waals surface area contributed by atoms with Crippen LogP contribution in [0.5, 0.6) is 0 Å². The number of rotatable bonds is 10. The molecule has 1 fully saturated rings. The molecule has 1 rings (SSSR count). The summed E-state index contributed by atoms with van der Waals surface area (Å²) in [6.45, 7) is 9.74. The summed E-state index contributed by atoms with van der Waals surface area (Å²) in [5.74, 6) is -1.08. The van der Waals surface area contributed by atoms with Gasteiger partial charge in [-0.05, 0) is 6.92 Å². The summed E-state index contributed by atoms with van der Waals surface area (Å²) in [6, 6.07) is 0. The first-order valence-electron chi connectivity index (χ1n) is 7.79. The second-order valence-electron chi connectivity index (χ2n) is 5.33. The first-order valence-corrected chi connectivity index (χ1v) is 7.79. The Kier molecular flexibility index (Phi) is 13.4. The largest absolute Gasteiger partial charge is 0.550 e. The van der Waals surface area contributed by atoms with Gasteiger partial charge in [0.15, 0.2) is 0 Å². The summed E-state index contributed by atoms with van der Waals surface area (Å²) >= 11 is 0. The fraction of sp³-hybridized carbons (Fsp3) is 0.933. The molecule has 0 amide bonds. The maximum atomic E-state index is 9.87. The van der Waals surface area contributed by atoms with Crippen LogP contribution < -0.4 is 5.11 Å². The van der Waals surface area contributed by atoms with Gasteiger partial charge in [0.05, 0.1) is 46.7 Å². The average molecular weight is 321 g/mol. The van der Waals surface area contributed by atoms with Crippen LogP contribution in [-0.2, 0) is 23.7 Å². The Morgan fingerprint density at radius 1 is 1.14 bits per heavy atom. The number of morpholine rings is 1. The third kappa shape index (κ3) is 13.0. The van der Waals surface area contributed by atoms with E-state index in [0.29, 0.717) is 19.8 Å². The zero-order valence-corrected chi connectivity index (χ0v) is 14.2. The monoisotopic (exact) mass is 321 g/mol. The number of hydrogen-bond donors (Lipinski definition) is 0. The van der Waals surface area contributed by atoms with Crippen LogP contribution >= 0.6 is 0 Å². The minimum Gasteiger partial charge on any atom is -0.550 e. The van der Waals surface area contributed by atoms with E-state index in [1.165, 1.54) is 0 Å². The molecule has 0 spiro atoms. The molecule has 0 bridgehead atoms. The van der Waals surface area contributed by atoms with Crippen LogP contribution in [-0.4, -0.2) is 90.5 Å². The van der Waals surface area contributed by atoms with E-state index < -0.39 is 5.97 Å². The van der Waals surface area contributed by atoms with Gasteiger partial charge in [-0.25, -0.2) is 0 Å². The number of ether oxygens (including phenoxy) is 4. The summed E-state index contributed by atoms with van der Waals surface area (Å²) in [7, 11) is 4.02. The van der Waals surface area contributed by atoms with E-state index >= 15 is 0 Å². The van der Waals surface area contributed by atoms with Crippen LogP contribution in [0, 0.1) is 0 Å². The summed E-state index contributed by atoms with van der Waals surface area (Å²) in [4.78, 5) is 9.87. The van der Waals surface area contributed by atoms with Crippen LogP contribution in [0.3, 0.4) is 0 Å². The molecular formula is C15H31NO6. The van der Waals surface area contributed by atoms with Crippen LogP contribution in [0.1, 0.15) is 13.3 Å². The number of carbonyl (C=O) groups is 1. The smallest absolute Gasteiger partial charge is 0.102 e. The van der Waals surface area contributed by atoms with E-state index in [4.69, 9.17) is 18.9 Å². The van der Waals surface area contributed by atoms with Gasteiger partial charge >= 0.3 is 0 Å². The molecular weight excluding hydrogens is 290 g/mol. The number of nitrogens with zero attached hydrogens (tertiary/aromatic N) is 1. The molecule has 132 valence electrons. The van der Waals surface area contributed by atoms with Gasteiger partial charge in [0.25, 0.3) is 0 Å². The van der Waals surface area contributed by atoms with Crippen molar-refractivity contribution in [1.82, 2.24) is 0 Å². The van der Waals surface area contributed by atoms with E-state index in [1.807, 2.05) is 6.92 Å². The van der Waals surface area contributed by atoms with Gasteiger partial charge in [-0.1, -0.05) is 0 Å². The lowest BCUT2D eigenvalue weighted by Gasteiger charge is -2.37. The van der Waals surface area contributed by atoms with Crippen LogP contribution in [0.2, 0.25) is 0 Å². The van der Waals surface area contributed by atoms with Gasteiger partial charge in [-0.15, -0.1) is 0 Å². The molecule has 1 heterocycles. The summed E-state index contributed by atoms with van der Waals surface area (Å²) in [5.41, 5.74) is 0. The van der Waals surface area contributed by atoms with Gasteiger partial charge in [0.2, 0.25) is 0 Å². The molecule has 0 unspecified atom stereocenters. The zero-order chi connectivity index (χ0) is 16.7. The minimum atomic E-state index is -1.08. The molecule has 0 saturated carbocycles. The summed E-state index contributed by atoms with van der Waals surface area (Å²) < 4.78 is 21.3. The van der Waals surface area contributed by atoms with Crippen molar-refractivity contribution in [2.24, 2.45) is 0 Å². The Morgan fingerprint density at radius 2 is 1.77 bits per heavy atom. The van der Waals surface area contributed by atoms with Crippen molar-refractivity contribution in [2.75, 3.05) is 80.0 Å². The first kappa shape index (κ1) is 21.3. The van der Waals surface area contributed by atoms with Crippen molar-refractivity contribution >= 4 is 5.97 Å². The highest BCUT2D eigenvalue weighted by Crippen LogP contribution is 2.06. The molecule has 1 aliphatic heterocycles. The van der Waals surface area contributed by atoms with Crippen LogP contribution in [0.25, 0.3) is 0 Å². The highest BCUT2D eigenvalue weighted by Gasteiger charge is 2.24. The molecule has 0 atom stereocenters. The van der Waals surface area contributed by atoms with E-state index in [1.54, 1.807) is 7.11 Å². The van der Waals surface area contributed by atoms with Gasteiger partial charge < -0.3 is 33.3 Å². The van der Waals surface area contributed by atoms with Crippen molar-refractivity contribution in [3.05, 3.63) is 0 Å². The normalized spacial score (nSPS) is 16.7. The molecule has 0 aliphatic carbocycles. The number of aliphatic carboxylic acids is 1. The Hall–Kier alpha value is -0.730. The second kappa shape index (κ2) is 13.9. The molecule has 0 aromatic carbocycles. The molecule has 7 heteroatoms. The second-order valence-corrected chi connectivity index (χ2v) is 5.33. The molecule has 1 saturated heterocycles. The molecule has 22 heavy (non-hydrogen) atoms. The van der Waals surface area contributed by atoms with Crippen molar-refractivity contribution in [3.63, 3.8) is 0 Å². The van der Waals surface area contributed by atoms with E-state index in [2.05, 4.69) is 7.05 Å². The van der Waals surface area contributed by atoms with E-state index in [9.17, 15) is 9.90 Å². The lowest BCUT2D eigenvalue weighted by atomic mass is 10.3. The quantitative estimate of drug-likeness (QED) is 0.391. The van der Waals surface area contributed by atoms with Crippen LogP contribution in [0.4, 0.5) is 0 Å². The Balaban J connectivity index is 0.000000401. The predicted octanol–water partition coefficient (Wildman–Crippen LogP) is -0.711. The third-order valence-corrected chi connectivity index (χ3v) is 3.41. The maximum absolute atomic E-state index is 9.87. The fourth-order valence-electron chi connectivity index (χ4n) is 1.84. The number of methoxy groups -OCH3 is 1. The minimum absolute atomic E-state index is 0.0495. The number of quaternary nitrogens is 1. The SMILES string of the molecule is CCOCCOCCC(=O)[O-].COCC[N+]1(C)CCOCC1. The van der Waals surface area contributed by atoms with Crippen molar-refractivity contribution in [3.8, 4) is 0 Å². The van der Waals surface area contributed by atoms with Gasteiger partial charge in [0.1, 0.15) is 19.6 Å². The maximum Gasteiger partial charge on any atom is 0.102 e. The highest BCUT2D eigenvalue weighted by atomic mass is 16.5. The number of hydrogen-bond acceptors (Lipinski definition) is 6. The third-order valence-electron chi connectivity index (χ3n) is 3.41. The Morgan fingerprint density at radius 3 is 2.32 bits per heavy atom. The average Bonchev–Trinajstić information content (AvgIpc) is 2.50. The molecule has 1 aliphatic rings. The van der Waals surface area contributed by atoms with Crippen molar-refractivity contribution in [2.45, 2.75) is 13.3 Å². The topological polar surface area (TPSA) is 77.1 Å². The molecule has 0 N–H and O–H groups in total. The molecule has 0 aromatic rings. The van der Waals surface area contributed by atoms with E-state index in [0.717, 1.165) is 43.9 Å². The molecule has 7 nitrogen and oxygen atoms in total. The first-order chi connectivity index (χ1) is 10.5. The molecule has 0 aromatic heterocycles. The number of carboxylic acids is 1. The van der Waals surface area contributed by atoms with Crippen molar-refractivity contribution in [1.29, 1.82) is 0 Å². The number of carboxylic acid groups (broad SMARTS) is 1. The number of carbonyl (C=O) groups excluding carboxylic acids is 1. The highest BCUT2D eigenvalue weighted by molar-refractivity contribution is 5.64. The summed E-state index contributed by atoms with van der Waals surface area (Å²) in [6.07, 6.45) is -0.0495. The lowest BCUT2D eigenvalue weighted by molar-refractivity contribution is -0.917. The lowest BCUT2D eigenvalue weighted by Crippen LogP contribution is -2.53. The Bertz CT molecular complexity index is 269. The molecule has 0 radical (unpaired) electrons.